The van der Waals surface area contributed by atoms with Gasteiger partial charge in [0.25, 0.3) is 5.91 Å². The molecule has 0 bridgehead atoms. The van der Waals surface area contributed by atoms with Gasteiger partial charge in [-0.2, -0.15) is 0 Å². The molecule has 2 N–H and O–H groups in total. The average Bonchev–Trinajstić information content (AvgIpc) is 2.82. The van der Waals surface area contributed by atoms with E-state index < -0.39 is 6.10 Å². The first kappa shape index (κ1) is 15.1. The van der Waals surface area contributed by atoms with Crippen molar-refractivity contribution in [2.24, 2.45) is 0 Å². The van der Waals surface area contributed by atoms with E-state index in [2.05, 4.69) is 5.32 Å². The van der Waals surface area contributed by atoms with Crippen LogP contribution in [0.4, 0.5) is 0 Å². The molecular formula is C14H18ClNO4. The van der Waals surface area contributed by atoms with E-state index in [1.807, 2.05) is 6.07 Å². The number of rotatable bonds is 6. The summed E-state index contributed by atoms with van der Waals surface area (Å²) in [5.74, 6) is 0.493. The zero-order chi connectivity index (χ0) is 14.5. The summed E-state index contributed by atoms with van der Waals surface area (Å²) in [5, 5.41) is 12.4. The standard InChI is InChI=1S/C14H18ClNO4/c1-19-8-11(4-5-17)16-14(18)13-7-9-6-10(15)2-3-12(9)20-13/h2-3,6,11,13,17H,4-5,7-8H2,1H3,(H,16,18). The number of halogens is 1. The second-order valence-corrected chi connectivity index (χ2v) is 5.17. The molecule has 1 heterocycles. The van der Waals surface area contributed by atoms with Gasteiger partial charge in [0.15, 0.2) is 6.10 Å². The molecule has 1 aromatic carbocycles. The van der Waals surface area contributed by atoms with Crippen LogP contribution >= 0.6 is 11.6 Å². The van der Waals surface area contributed by atoms with Crippen LogP contribution in [0.5, 0.6) is 5.75 Å². The number of aliphatic hydroxyl groups excluding tert-OH is 1. The van der Waals surface area contributed by atoms with Gasteiger partial charge in [0, 0.05) is 25.2 Å². The third-order valence-corrected chi connectivity index (χ3v) is 3.42. The molecule has 0 aliphatic carbocycles. The van der Waals surface area contributed by atoms with Crippen LogP contribution in [0.15, 0.2) is 18.2 Å². The fourth-order valence-electron chi connectivity index (χ4n) is 2.21. The summed E-state index contributed by atoms with van der Waals surface area (Å²) in [6, 6.07) is 5.10. The highest BCUT2D eigenvalue weighted by atomic mass is 35.5. The van der Waals surface area contributed by atoms with E-state index in [-0.39, 0.29) is 18.6 Å². The van der Waals surface area contributed by atoms with Crippen LogP contribution < -0.4 is 10.1 Å². The van der Waals surface area contributed by atoms with Gasteiger partial charge in [-0.15, -0.1) is 0 Å². The summed E-state index contributed by atoms with van der Waals surface area (Å²) in [6.45, 7) is 0.355. The minimum atomic E-state index is -0.554. The van der Waals surface area contributed by atoms with Gasteiger partial charge in [-0.25, -0.2) is 0 Å². The highest BCUT2D eigenvalue weighted by Crippen LogP contribution is 2.31. The fraction of sp³-hybridized carbons (Fsp3) is 0.500. The number of nitrogens with one attached hydrogen (secondary N) is 1. The Morgan fingerprint density at radius 1 is 1.65 bits per heavy atom. The van der Waals surface area contributed by atoms with E-state index in [1.165, 1.54) is 0 Å². The maximum absolute atomic E-state index is 12.2. The van der Waals surface area contributed by atoms with E-state index in [4.69, 9.17) is 26.2 Å². The van der Waals surface area contributed by atoms with E-state index in [1.54, 1.807) is 19.2 Å². The quantitative estimate of drug-likeness (QED) is 0.827. The lowest BCUT2D eigenvalue weighted by Gasteiger charge is -2.19. The number of amides is 1. The Balaban J connectivity index is 1.95. The SMILES string of the molecule is COCC(CCO)NC(=O)C1Cc2cc(Cl)ccc2O1. The number of fused-ring (bicyclic) bond motifs is 1. The summed E-state index contributed by atoms with van der Waals surface area (Å²) in [5.41, 5.74) is 0.933. The molecule has 5 nitrogen and oxygen atoms in total. The maximum Gasteiger partial charge on any atom is 0.261 e. The van der Waals surface area contributed by atoms with Gasteiger partial charge in [0.2, 0.25) is 0 Å². The molecular weight excluding hydrogens is 282 g/mol. The largest absolute Gasteiger partial charge is 0.480 e. The van der Waals surface area contributed by atoms with Crippen LogP contribution in [-0.4, -0.2) is 43.5 Å². The van der Waals surface area contributed by atoms with Gasteiger partial charge in [0.05, 0.1) is 12.6 Å². The van der Waals surface area contributed by atoms with Crippen LogP contribution in [0, 0.1) is 0 Å². The number of hydrogen-bond acceptors (Lipinski definition) is 4. The van der Waals surface area contributed by atoms with Crippen molar-refractivity contribution in [2.75, 3.05) is 20.3 Å². The van der Waals surface area contributed by atoms with Gasteiger partial charge in [-0.05, 0) is 30.2 Å². The Morgan fingerprint density at radius 2 is 2.45 bits per heavy atom. The minimum absolute atomic E-state index is 0.00430. The number of carbonyl (C=O) groups is 1. The monoisotopic (exact) mass is 299 g/mol. The summed E-state index contributed by atoms with van der Waals surface area (Å²) >= 11 is 5.92. The Morgan fingerprint density at radius 3 is 3.15 bits per heavy atom. The topological polar surface area (TPSA) is 67.8 Å². The number of methoxy groups -OCH3 is 1. The second-order valence-electron chi connectivity index (χ2n) is 4.74. The van der Waals surface area contributed by atoms with Crippen molar-refractivity contribution in [3.63, 3.8) is 0 Å². The van der Waals surface area contributed by atoms with Gasteiger partial charge in [0.1, 0.15) is 5.75 Å². The van der Waals surface area contributed by atoms with Crippen molar-refractivity contribution in [3.8, 4) is 5.75 Å². The molecule has 0 spiro atoms. The van der Waals surface area contributed by atoms with Crippen molar-refractivity contribution < 1.29 is 19.4 Å². The van der Waals surface area contributed by atoms with Crippen LogP contribution in [0.2, 0.25) is 5.02 Å². The lowest BCUT2D eigenvalue weighted by molar-refractivity contribution is -0.128. The van der Waals surface area contributed by atoms with Crippen LogP contribution in [-0.2, 0) is 16.0 Å². The van der Waals surface area contributed by atoms with Crippen molar-refractivity contribution in [1.82, 2.24) is 5.32 Å². The molecule has 2 rings (SSSR count). The second kappa shape index (κ2) is 6.92. The molecule has 6 heteroatoms. The van der Waals surface area contributed by atoms with Crippen molar-refractivity contribution in [1.29, 1.82) is 0 Å². The zero-order valence-corrected chi connectivity index (χ0v) is 12.0. The van der Waals surface area contributed by atoms with E-state index in [0.717, 1.165) is 5.56 Å². The molecule has 2 unspecified atom stereocenters. The highest BCUT2D eigenvalue weighted by molar-refractivity contribution is 6.30. The average molecular weight is 300 g/mol. The van der Waals surface area contributed by atoms with E-state index >= 15 is 0 Å². The molecule has 110 valence electrons. The molecule has 1 aliphatic heterocycles. The maximum atomic E-state index is 12.2. The van der Waals surface area contributed by atoms with Gasteiger partial charge < -0.3 is 19.9 Å². The Hall–Kier alpha value is -1.30. The molecule has 2 atom stereocenters. The number of carbonyl (C=O) groups excluding carboxylic acids is 1. The van der Waals surface area contributed by atoms with Gasteiger partial charge >= 0.3 is 0 Å². The van der Waals surface area contributed by atoms with E-state index in [9.17, 15) is 4.79 Å². The number of benzene rings is 1. The van der Waals surface area contributed by atoms with Crippen molar-refractivity contribution in [3.05, 3.63) is 28.8 Å². The normalized spacial score (nSPS) is 18.2. The molecule has 0 fully saturated rings. The lowest BCUT2D eigenvalue weighted by atomic mass is 10.1. The Kier molecular flexibility index (Phi) is 5.23. The van der Waals surface area contributed by atoms with Gasteiger partial charge in [-0.3, -0.25) is 4.79 Å². The smallest absolute Gasteiger partial charge is 0.261 e. The molecule has 20 heavy (non-hydrogen) atoms. The number of hydrogen-bond donors (Lipinski definition) is 2. The first-order valence-electron chi connectivity index (χ1n) is 6.49. The van der Waals surface area contributed by atoms with Crippen molar-refractivity contribution >= 4 is 17.5 Å². The molecule has 0 saturated heterocycles. The van der Waals surface area contributed by atoms with E-state index in [0.29, 0.717) is 30.2 Å². The number of ether oxygens (including phenoxy) is 2. The highest BCUT2D eigenvalue weighted by Gasteiger charge is 2.30. The zero-order valence-electron chi connectivity index (χ0n) is 11.3. The van der Waals surface area contributed by atoms with Gasteiger partial charge in [-0.1, -0.05) is 11.6 Å². The summed E-state index contributed by atoms with van der Waals surface area (Å²) in [4.78, 5) is 12.2. The Bertz CT molecular complexity index is 474. The predicted octanol–water partition coefficient (Wildman–Crippen LogP) is 1.16. The summed E-state index contributed by atoms with van der Waals surface area (Å²) in [7, 11) is 1.56. The molecule has 1 aliphatic rings. The third kappa shape index (κ3) is 3.62. The van der Waals surface area contributed by atoms with Crippen LogP contribution in [0.3, 0.4) is 0 Å². The first-order valence-corrected chi connectivity index (χ1v) is 6.87. The summed E-state index contributed by atoms with van der Waals surface area (Å²) < 4.78 is 10.6. The third-order valence-electron chi connectivity index (χ3n) is 3.18. The Labute approximate surface area is 122 Å². The molecule has 1 aromatic rings. The molecule has 0 aromatic heterocycles. The van der Waals surface area contributed by atoms with Crippen LogP contribution in [0.25, 0.3) is 0 Å². The first-order chi connectivity index (χ1) is 9.63. The molecule has 0 radical (unpaired) electrons. The molecule has 1 amide bonds. The van der Waals surface area contributed by atoms with Crippen molar-refractivity contribution in [2.45, 2.75) is 25.0 Å². The number of aliphatic hydroxyl groups is 1. The van der Waals surface area contributed by atoms with Crippen LogP contribution in [0.1, 0.15) is 12.0 Å². The lowest BCUT2D eigenvalue weighted by Crippen LogP contribution is -2.45. The predicted molar refractivity (Wildman–Crippen MR) is 75.1 cm³/mol. The fourth-order valence-corrected chi connectivity index (χ4v) is 2.41. The minimum Gasteiger partial charge on any atom is -0.480 e. The summed E-state index contributed by atoms with van der Waals surface area (Å²) in [6.07, 6.45) is 0.396. The molecule has 0 saturated carbocycles.